The van der Waals surface area contributed by atoms with Gasteiger partial charge in [0.2, 0.25) is 0 Å². The Morgan fingerprint density at radius 3 is 2.72 bits per heavy atom. The van der Waals surface area contributed by atoms with E-state index in [9.17, 15) is 9.18 Å². The molecule has 4 nitrogen and oxygen atoms in total. The van der Waals surface area contributed by atoms with Gasteiger partial charge < -0.3 is 10.6 Å². The van der Waals surface area contributed by atoms with Gasteiger partial charge in [0.25, 0.3) is 0 Å². The van der Waals surface area contributed by atoms with E-state index in [1.807, 2.05) is 39.0 Å². The van der Waals surface area contributed by atoms with E-state index in [4.69, 9.17) is 0 Å². The number of Topliss-reactive ketones (excluding diaryl/α,β-unsaturated/α-hetero) is 1. The van der Waals surface area contributed by atoms with E-state index in [1.165, 1.54) is 12.1 Å². The average molecular weight is 391 g/mol. The Kier molecular flexibility index (Phi) is 6.27. The van der Waals surface area contributed by atoms with Crippen molar-refractivity contribution < 1.29 is 9.18 Å². The van der Waals surface area contributed by atoms with Gasteiger partial charge in [-0.3, -0.25) is 4.79 Å². The zero-order valence-corrected chi connectivity index (χ0v) is 17.1. The first-order valence-electron chi connectivity index (χ1n) is 9.77. The van der Waals surface area contributed by atoms with Crippen LogP contribution in [0.3, 0.4) is 0 Å². The lowest BCUT2D eigenvalue weighted by Crippen LogP contribution is -2.23. The minimum absolute atomic E-state index is 0.101. The van der Waals surface area contributed by atoms with Gasteiger partial charge in [-0.25, -0.2) is 9.38 Å². The Morgan fingerprint density at radius 2 is 2.03 bits per heavy atom. The van der Waals surface area contributed by atoms with Crippen molar-refractivity contribution in [1.29, 1.82) is 0 Å². The molecule has 1 atom stereocenters. The summed E-state index contributed by atoms with van der Waals surface area (Å²) in [6, 6.07) is 6.12. The van der Waals surface area contributed by atoms with Gasteiger partial charge in [0.1, 0.15) is 11.7 Å². The minimum Gasteiger partial charge on any atom is -0.355 e. The summed E-state index contributed by atoms with van der Waals surface area (Å²) in [5.41, 5.74) is 5.09. The van der Waals surface area contributed by atoms with Crippen LogP contribution in [0.1, 0.15) is 33.6 Å². The van der Waals surface area contributed by atoms with Crippen molar-refractivity contribution >= 4 is 17.3 Å². The molecule has 0 heterocycles. The number of rotatable bonds is 6. The number of nitrogens with one attached hydrogen (secondary N) is 2. The molecule has 0 saturated carbocycles. The lowest BCUT2D eigenvalue weighted by atomic mass is 9.90. The lowest BCUT2D eigenvalue weighted by molar-refractivity contribution is -0.117. The van der Waals surface area contributed by atoms with Gasteiger partial charge in [0, 0.05) is 34.8 Å². The third-order valence-electron chi connectivity index (χ3n) is 5.00. The van der Waals surface area contributed by atoms with Crippen molar-refractivity contribution in [2.24, 2.45) is 10.9 Å². The van der Waals surface area contributed by atoms with Crippen LogP contribution in [0, 0.1) is 11.7 Å². The van der Waals surface area contributed by atoms with Crippen molar-refractivity contribution in [2.45, 2.75) is 33.6 Å². The minimum atomic E-state index is -0.276. The van der Waals surface area contributed by atoms with E-state index in [0.29, 0.717) is 5.84 Å². The fourth-order valence-corrected chi connectivity index (χ4v) is 3.30. The maximum absolute atomic E-state index is 13.0. The van der Waals surface area contributed by atoms with E-state index in [2.05, 4.69) is 22.2 Å². The molecule has 150 valence electrons. The molecule has 3 rings (SSSR count). The molecule has 0 fully saturated rings. The SMILES string of the molecule is C=C(NC1=CCC2=C1C(=O)[C@@H](C)C=C2)/C(=C\N=C(/C)Nc1ccc(F)cc1)CC. The molecule has 0 unspecified atom stereocenters. The molecular formula is C24H26FN3O. The van der Waals surface area contributed by atoms with Crippen LogP contribution in [-0.4, -0.2) is 11.6 Å². The molecule has 0 radical (unpaired) electrons. The van der Waals surface area contributed by atoms with E-state index in [1.54, 1.807) is 18.3 Å². The lowest BCUT2D eigenvalue weighted by Gasteiger charge is -2.19. The van der Waals surface area contributed by atoms with Crippen LogP contribution in [0.15, 0.2) is 88.4 Å². The highest BCUT2D eigenvalue weighted by atomic mass is 19.1. The second-order valence-corrected chi connectivity index (χ2v) is 7.19. The number of nitrogens with zero attached hydrogens (tertiary/aromatic N) is 1. The highest BCUT2D eigenvalue weighted by molar-refractivity contribution is 6.05. The molecule has 0 aromatic heterocycles. The number of benzene rings is 1. The maximum atomic E-state index is 13.0. The monoisotopic (exact) mass is 391 g/mol. The van der Waals surface area contributed by atoms with E-state index in [0.717, 1.165) is 46.6 Å². The summed E-state index contributed by atoms with van der Waals surface area (Å²) in [7, 11) is 0. The average Bonchev–Trinajstić information content (AvgIpc) is 3.10. The van der Waals surface area contributed by atoms with Gasteiger partial charge in [0.05, 0.1) is 0 Å². The Hall–Kier alpha value is -3.21. The topological polar surface area (TPSA) is 53.5 Å². The number of carbonyl (C=O) groups is 1. The zero-order chi connectivity index (χ0) is 21.0. The first-order chi connectivity index (χ1) is 13.9. The van der Waals surface area contributed by atoms with Crippen LogP contribution in [0.5, 0.6) is 0 Å². The predicted octanol–water partition coefficient (Wildman–Crippen LogP) is 5.41. The van der Waals surface area contributed by atoms with Crippen LogP contribution in [0.25, 0.3) is 0 Å². The number of aliphatic imine (C=N–C) groups is 1. The van der Waals surface area contributed by atoms with Crippen molar-refractivity contribution in [2.75, 3.05) is 5.32 Å². The Labute approximate surface area is 171 Å². The predicted molar refractivity (Wildman–Crippen MR) is 117 cm³/mol. The summed E-state index contributed by atoms with van der Waals surface area (Å²) in [4.78, 5) is 17.0. The third kappa shape index (κ3) is 4.80. The molecule has 2 aliphatic carbocycles. The van der Waals surface area contributed by atoms with E-state index in [-0.39, 0.29) is 17.5 Å². The summed E-state index contributed by atoms with van der Waals surface area (Å²) in [5.74, 6) is 0.450. The molecule has 5 heteroatoms. The van der Waals surface area contributed by atoms with Gasteiger partial charge in [-0.05, 0) is 55.2 Å². The number of halogens is 1. The number of anilines is 1. The largest absolute Gasteiger partial charge is 0.355 e. The van der Waals surface area contributed by atoms with Crippen LogP contribution < -0.4 is 10.6 Å². The zero-order valence-electron chi connectivity index (χ0n) is 17.1. The first-order valence-corrected chi connectivity index (χ1v) is 9.77. The molecule has 2 aliphatic rings. The van der Waals surface area contributed by atoms with E-state index >= 15 is 0 Å². The first kappa shape index (κ1) is 20.5. The van der Waals surface area contributed by atoms with Gasteiger partial charge >= 0.3 is 0 Å². The molecule has 29 heavy (non-hydrogen) atoms. The van der Waals surface area contributed by atoms with E-state index < -0.39 is 0 Å². The van der Waals surface area contributed by atoms with Gasteiger partial charge in [-0.1, -0.05) is 38.7 Å². The van der Waals surface area contributed by atoms with Crippen molar-refractivity contribution in [3.05, 3.63) is 89.2 Å². The summed E-state index contributed by atoms with van der Waals surface area (Å²) in [6.45, 7) is 9.92. The Morgan fingerprint density at radius 1 is 1.31 bits per heavy atom. The second kappa shape index (κ2) is 8.86. The third-order valence-corrected chi connectivity index (χ3v) is 5.00. The molecule has 0 aliphatic heterocycles. The molecular weight excluding hydrogens is 365 g/mol. The molecule has 0 saturated heterocycles. The van der Waals surface area contributed by atoms with Crippen molar-refractivity contribution in [1.82, 2.24) is 5.32 Å². The number of hydrogen-bond acceptors (Lipinski definition) is 3. The maximum Gasteiger partial charge on any atom is 0.171 e. The van der Waals surface area contributed by atoms with Crippen LogP contribution >= 0.6 is 0 Å². The number of amidine groups is 1. The smallest absolute Gasteiger partial charge is 0.171 e. The van der Waals surface area contributed by atoms with Gasteiger partial charge in [-0.2, -0.15) is 0 Å². The van der Waals surface area contributed by atoms with Gasteiger partial charge in [0.15, 0.2) is 5.78 Å². The van der Waals surface area contributed by atoms with Crippen LogP contribution in [-0.2, 0) is 4.79 Å². The summed E-state index contributed by atoms with van der Waals surface area (Å²) in [5, 5.41) is 6.44. The quantitative estimate of drug-likeness (QED) is 0.387. The normalized spacial score (nSPS) is 19.2. The van der Waals surface area contributed by atoms with Crippen molar-refractivity contribution in [3.63, 3.8) is 0 Å². The number of hydrogen-bond donors (Lipinski definition) is 2. The summed E-state index contributed by atoms with van der Waals surface area (Å²) in [6.07, 6.45) is 9.29. The number of allylic oxidation sites excluding steroid dienone is 6. The molecule has 0 spiro atoms. The molecule has 2 N–H and O–H groups in total. The molecule has 0 bridgehead atoms. The number of ketones is 1. The van der Waals surface area contributed by atoms with Crippen LogP contribution in [0.4, 0.5) is 10.1 Å². The fraction of sp³-hybridized carbons (Fsp3) is 0.250. The van der Waals surface area contributed by atoms with Crippen LogP contribution in [0.2, 0.25) is 0 Å². The van der Waals surface area contributed by atoms with Gasteiger partial charge in [-0.15, -0.1) is 0 Å². The highest BCUT2D eigenvalue weighted by Gasteiger charge is 2.28. The molecule has 0 amide bonds. The Bertz CT molecular complexity index is 978. The molecule has 1 aromatic carbocycles. The Balaban J connectivity index is 1.69. The standard InChI is InChI=1S/C24H26FN3O/c1-5-18(14-26-17(4)28-21-11-9-20(25)10-12-21)16(3)27-22-13-8-19-7-6-15(2)24(29)23(19)22/h6-7,9-15,27H,3,5,8H2,1-2,4H3,(H,26,28)/b18-14-/t15-/m0/s1. The number of carbonyl (C=O) groups excluding carboxylic acids is 1. The fourth-order valence-electron chi connectivity index (χ4n) is 3.30. The highest BCUT2D eigenvalue weighted by Crippen LogP contribution is 2.33. The summed E-state index contributed by atoms with van der Waals surface area (Å²) >= 11 is 0. The second-order valence-electron chi connectivity index (χ2n) is 7.19. The summed E-state index contributed by atoms with van der Waals surface area (Å²) < 4.78 is 13.0. The van der Waals surface area contributed by atoms with Crippen molar-refractivity contribution in [3.8, 4) is 0 Å². The molecule has 1 aromatic rings.